The standard InChI is InChI=1S/C18H22N2O3S.ClH/c1-2-23-18(22)16-10-13-9-14(4-5-15(13)24-16)20-17(21)6-3-12-7-8-19-11-12;/h4-5,9-10,12,19H,2-3,6-8,11H2,1H3,(H,20,21);1H. The van der Waals surface area contributed by atoms with Crippen LogP contribution in [-0.4, -0.2) is 31.6 Å². The van der Waals surface area contributed by atoms with E-state index in [0.29, 0.717) is 23.8 Å². The quantitative estimate of drug-likeness (QED) is 0.745. The fraction of sp³-hybridized carbons (Fsp3) is 0.444. The fourth-order valence-corrected chi connectivity index (χ4v) is 3.88. The van der Waals surface area contributed by atoms with Gasteiger partial charge in [-0.15, -0.1) is 23.7 Å². The zero-order chi connectivity index (χ0) is 16.9. The van der Waals surface area contributed by atoms with Crippen LogP contribution in [0.15, 0.2) is 24.3 Å². The van der Waals surface area contributed by atoms with Gasteiger partial charge in [0.15, 0.2) is 0 Å². The maximum atomic E-state index is 12.1. The number of carbonyl (C=O) groups is 2. The number of ether oxygens (including phenoxy) is 1. The molecule has 1 atom stereocenters. The van der Waals surface area contributed by atoms with Crippen LogP contribution >= 0.6 is 23.7 Å². The number of carbonyl (C=O) groups excluding carboxylic acids is 2. The number of fused-ring (bicyclic) bond motifs is 1. The molecule has 1 aromatic carbocycles. The molecule has 0 aliphatic carbocycles. The molecule has 7 heteroatoms. The second-order valence-electron chi connectivity index (χ2n) is 6.03. The van der Waals surface area contributed by atoms with E-state index < -0.39 is 0 Å². The van der Waals surface area contributed by atoms with E-state index in [0.717, 1.165) is 41.7 Å². The molecular weight excluding hydrogens is 360 g/mol. The van der Waals surface area contributed by atoms with Gasteiger partial charge in [-0.05, 0) is 68.4 Å². The molecule has 25 heavy (non-hydrogen) atoms. The third-order valence-corrected chi connectivity index (χ3v) is 5.31. The largest absolute Gasteiger partial charge is 0.462 e. The van der Waals surface area contributed by atoms with E-state index in [1.54, 1.807) is 6.92 Å². The van der Waals surface area contributed by atoms with Gasteiger partial charge in [-0.1, -0.05) is 0 Å². The Labute approximate surface area is 157 Å². The summed E-state index contributed by atoms with van der Waals surface area (Å²) in [5.74, 6) is 0.360. The van der Waals surface area contributed by atoms with E-state index in [-0.39, 0.29) is 24.3 Å². The molecule has 0 bridgehead atoms. The predicted molar refractivity (Wildman–Crippen MR) is 104 cm³/mol. The molecule has 1 aromatic heterocycles. The summed E-state index contributed by atoms with van der Waals surface area (Å²) in [5, 5.41) is 7.21. The van der Waals surface area contributed by atoms with Crippen molar-refractivity contribution in [2.24, 2.45) is 5.92 Å². The number of amides is 1. The maximum absolute atomic E-state index is 12.1. The van der Waals surface area contributed by atoms with Gasteiger partial charge in [-0.3, -0.25) is 4.79 Å². The number of hydrogen-bond acceptors (Lipinski definition) is 5. The number of anilines is 1. The molecule has 5 nitrogen and oxygen atoms in total. The monoisotopic (exact) mass is 382 g/mol. The Hall–Kier alpha value is -1.63. The van der Waals surface area contributed by atoms with Crippen molar-refractivity contribution in [3.8, 4) is 0 Å². The minimum Gasteiger partial charge on any atom is -0.462 e. The number of thiophene rings is 1. The SMILES string of the molecule is CCOC(=O)c1cc2cc(NC(=O)CCC3CCNC3)ccc2s1.Cl. The molecule has 0 radical (unpaired) electrons. The van der Waals surface area contributed by atoms with E-state index in [9.17, 15) is 9.59 Å². The number of hydrogen-bond donors (Lipinski definition) is 2. The molecule has 2 aromatic rings. The molecule has 1 saturated heterocycles. The van der Waals surface area contributed by atoms with Crippen molar-refractivity contribution in [1.29, 1.82) is 0 Å². The molecule has 0 spiro atoms. The molecule has 1 fully saturated rings. The molecule has 1 aliphatic heterocycles. The smallest absolute Gasteiger partial charge is 0.348 e. The Bertz CT molecular complexity index is 741. The first-order valence-electron chi connectivity index (χ1n) is 8.37. The van der Waals surface area contributed by atoms with Crippen LogP contribution < -0.4 is 10.6 Å². The highest BCUT2D eigenvalue weighted by Gasteiger charge is 2.16. The molecule has 3 rings (SSSR count). The summed E-state index contributed by atoms with van der Waals surface area (Å²) in [6.07, 6.45) is 2.62. The summed E-state index contributed by atoms with van der Waals surface area (Å²) in [6.45, 7) is 4.24. The number of halogens is 1. The van der Waals surface area contributed by atoms with Crippen molar-refractivity contribution >= 4 is 51.4 Å². The van der Waals surface area contributed by atoms with Crippen molar-refractivity contribution in [2.45, 2.75) is 26.2 Å². The zero-order valence-electron chi connectivity index (χ0n) is 14.2. The van der Waals surface area contributed by atoms with Crippen molar-refractivity contribution in [1.82, 2.24) is 5.32 Å². The predicted octanol–water partition coefficient (Wildman–Crippen LogP) is 3.83. The lowest BCUT2D eigenvalue weighted by Crippen LogP contribution is -2.14. The lowest BCUT2D eigenvalue weighted by atomic mass is 10.0. The van der Waals surface area contributed by atoms with E-state index in [1.807, 2.05) is 24.3 Å². The first-order valence-corrected chi connectivity index (χ1v) is 9.18. The minimum absolute atomic E-state index is 0. The molecule has 1 aliphatic rings. The van der Waals surface area contributed by atoms with Crippen molar-refractivity contribution < 1.29 is 14.3 Å². The van der Waals surface area contributed by atoms with Crippen molar-refractivity contribution in [3.05, 3.63) is 29.1 Å². The fourth-order valence-electron chi connectivity index (χ4n) is 2.94. The normalized spacial score (nSPS) is 16.4. The molecule has 2 heterocycles. The van der Waals surface area contributed by atoms with Gasteiger partial charge >= 0.3 is 5.97 Å². The highest BCUT2D eigenvalue weighted by atomic mass is 35.5. The van der Waals surface area contributed by atoms with Gasteiger partial charge in [-0.25, -0.2) is 4.79 Å². The van der Waals surface area contributed by atoms with Crippen LogP contribution in [0.25, 0.3) is 10.1 Å². The summed E-state index contributed by atoms with van der Waals surface area (Å²) in [6, 6.07) is 7.53. The van der Waals surface area contributed by atoms with Gasteiger partial charge in [0, 0.05) is 16.8 Å². The van der Waals surface area contributed by atoms with E-state index >= 15 is 0 Å². The molecule has 0 saturated carbocycles. The van der Waals surface area contributed by atoms with Crippen LogP contribution in [-0.2, 0) is 9.53 Å². The first kappa shape index (κ1) is 19.7. The third kappa shape index (κ3) is 5.17. The second kappa shape index (κ2) is 9.17. The van der Waals surface area contributed by atoms with Gasteiger partial charge in [0.05, 0.1) is 6.61 Å². The Morgan fingerprint density at radius 1 is 1.36 bits per heavy atom. The summed E-state index contributed by atoms with van der Waals surface area (Å²) in [4.78, 5) is 24.5. The van der Waals surface area contributed by atoms with E-state index in [1.165, 1.54) is 11.3 Å². The maximum Gasteiger partial charge on any atom is 0.348 e. The van der Waals surface area contributed by atoms with Gasteiger partial charge in [0.25, 0.3) is 0 Å². The Morgan fingerprint density at radius 3 is 2.92 bits per heavy atom. The van der Waals surface area contributed by atoms with Gasteiger partial charge < -0.3 is 15.4 Å². The summed E-state index contributed by atoms with van der Waals surface area (Å²) >= 11 is 1.41. The topological polar surface area (TPSA) is 67.4 Å². The average molecular weight is 383 g/mol. The Balaban J connectivity index is 0.00000225. The minimum atomic E-state index is -0.297. The third-order valence-electron chi connectivity index (χ3n) is 4.22. The molecule has 1 unspecified atom stereocenters. The van der Waals surface area contributed by atoms with E-state index in [2.05, 4.69) is 10.6 Å². The van der Waals surface area contributed by atoms with Gasteiger partial charge in [-0.2, -0.15) is 0 Å². The van der Waals surface area contributed by atoms with Gasteiger partial charge in [0.1, 0.15) is 4.88 Å². The highest BCUT2D eigenvalue weighted by Crippen LogP contribution is 2.29. The summed E-state index contributed by atoms with van der Waals surface area (Å²) in [7, 11) is 0. The summed E-state index contributed by atoms with van der Waals surface area (Å²) < 4.78 is 6.04. The highest BCUT2D eigenvalue weighted by molar-refractivity contribution is 7.20. The number of rotatable bonds is 6. The van der Waals surface area contributed by atoms with Crippen LogP contribution in [0, 0.1) is 5.92 Å². The Kier molecular flexibility index (Phi) is 7.23. The van der Waals surface area contributed by atoms with E-state index in [4.69, 9.17) is 4.74 Å². The Morgan fingerprint density at radius 2 is 2.20 bits per heavy atom. The van der Waals surface area contributed by atoms with Crippen molar-refractivity contribution in [3.63, 3.8) is 0 Å². The number of nitrogens with one attached hydrogen (secondary N) is 2. The molecule has 2 N–H and O–H groups in total. The van der Waals surface area contributed by atoms with Crippen LogP contribution in [0.3, 0.4) is 0 Å². The molecule has 136 valence electrons. The number of benzene rings is 1. The summed E-state index contributed by atoms with van der Waals surface area (Å²) in [5.41, 5.74) is 0.769. The molecule has 1 amide bonds. The van der Waals surface area contributed by atoms with Crippen LogP contribution in [0.1, 0.15) is 35.9 Å². The van der Waals surface area contributed by atoms with Crippen LogP contribution in [0.4, 0.5) is 5.69 Å². The zero-order valence-corrected chi connectivity index (χ0v) is 15.8. The van der Waals surface area contributed by atoms with Crippen molar-refractivity contribution in [2.75, 3.05) is 25.0 Å². The average Bonchev–Trinajstić information content (AvgIpc) is 3.22. The van der Waals surface area contributed by atoms with Crippen LogP contribution in [0.5, 0.6) is 0 Å². The molecular formula is C18H23ClN2O3S. The van der Waals surface area contributed by atoms with Gasteiger partial charge in [0.2, 0.25) is 5.91 Å². The number of esters is 1. The van der Waals surface area contributed by atoms with Crippen LogP contribution in [0.2, 0.25) is 0 Å². The lowest BCUT2D eigenvalue weighted by molar-refractivity contribution is -0.116. The lowest BCUT2D eigenvalue weighted by Gasteiger charge is -2.08. The first-order chi connectivity index (χ1) is 11.7. The second-order valence-corrected chi connectivity index (χ2v) is 7.11.